The maximum atomic E-state index is 9.87. The number of hydrogen-bond donors (Lipinski definition) is 2. The summed E-state index contributed by atoms with van der Waals surface area (Å²) in [6.07, 6.45) is 0.309. The molecule has 2 atom stereocenters. The van der Waals surface area contributed by atoms with Crippen LogP contribution in [0.3, 0.4) is 0 Å². The van der Waals surface area contributed by atoms with Gasteiger partial charge < -0.3 is 0 Å². The van der Waals surface area contributed by atoms with E-state index in [1.807, 2.05) is 0 Å². The third kappa shape index (κ3) is 13.5. The molecule has 0 bridgehead atoms. The van der Waals surface area contributed by atoms with Crippen molar-refractivity contribution in [3.05, 3.63) is 0 Å². The Bertz CT molecular complexity index is 136. The van der Waals surface area contributed by atoms with E-state index in [4.69, 9.17) is 9.79 Å². The molecular formula is C3H8O6P2Zr+2. The van der Waals surface area contributed by atoms with E-state index >= 15 is 0 Å². The van der Waals surface area contributed by atoms with Crippen molar-refractivity contribution in [2.24, 2.45) is 0 Å². The van der Waals surface area contributed by atoms with Crippen LogP contribution in [0.25, 0.3) is 0 Å². The quantitative estimate of drug-likeness (QED) is 0.553. The Morgan fingerprint density at radius 2 is 1.33 bits per heavy atom. The summed E-state index contributed by atoms with van der Waals surface area (Å²) in [5, 5.41) is 0. The topological polar surface area (TPSA) is 93.1 Å². The third-order valence-electron chi connectivity index (χ3n) is 0.692. The van der Waals surface area contributed by atoms with E-state index in [0.717, 1.165) is 0 Å². The summed E-state index contributed by atoms with van der Waals surface area (Å²) in [6, 6.07) is 0. The first-order valence-electron chi connectivity index (χ1n) is 2.71. The molecule has 6 nitrogen and oxygen atoms in total. The number of rotatable bonds is 6. The van der Waals surface area contributed by atoms with Gasteiger partial charge >= 0.3 is 16.5 Å². The van der Waals surface area contributed by atoms with Gasteiger partial charge in [-0.2, -0.15) is 0 Å². The normalized spacial score (nSPS) is 11.8. The summed E-state index contributed by atoms with van der Waals surface area (Å²) in [5.41, 5.74) is 0. The molecule has 0 aliphatic rings. The summed E-state index contributed by atoms with van der Waals surface area (Å²) in [7, 11) is -5.15. The molecule has 0 aromatic rings. The smallest absolute Gasteiger partial charge is 0.133 e. The fourth-order valence-electron chi connectivity index (χ4n) is 0.344. The summed E-state index contributed by atoms with van der Waals surface area (Å²) >= 11 is 0. The third-order valence-corrected chi connectivity index (χ3v) is 1.50. The second-order valence-electron chi connectivity index (χ2n) is 1.50. The minimum absolute atomic E-state index is 0. The maximum Gasteiger partial charge on any atom is 0.694 e. The van der Waals surface area contributed by atoms with E-state index in [0.29, 0.717) is 6.42 Å². The second-order valence-corrected chi connectivity index (χ2v) is 2.96. The van der Waals surface area contributed by atoms with Gasteiger partial charge in [-0.25, -0.2) is 0 Å². The maximum absolute atomic E-state index is 9.87. The molecule has 0 rings (SSSR count). The molecule has 0 spiro atoms. The fraction of sp³-hybridized carbons (Fsp3) is 1.00. The molecule has 0 aliphatic carbocycles. The molecule has 0 saturated heterocycles. The SMILES string of the molecule is O=[P+](O)OCCCO[P+](=O)O.[Zr]. The minimum atomic E-state index is -2.57. The van der Waals surface area contributed by atoms with Gasteiger partial charge in [-0.3, -0.25) is 0 Å². The number of hydrogen-bond acceptors (Lipinski definition) is 4. The molecule has 0 heterocycles. The van der Waals surface area contributed by atoms with Gasteiger partial charge in [0.05, 0.1) is 0 Å². The van der Waals surface area contributed by atoms with Gasteiger partial charge in [0, 0.05) is 41.8 Å². The van der Waals surface area contributed by atoms with Crippen molar-refractivity contribution in [1.29, 1.82) is 0 Å². The van der Waals surface area contributed by atoms with Crippen LogP contribution in [0.4, 0.5) is 0 Å². The minimum Gasteiger partial charge on any atom is -0.133 e. The molecule has 12 heavy (non-hydrogen) atoms. The molecule has 9 heteroatoms. The first-order valence-corrected chi connectivity index (χ1v) is 4.97. The van der Waals surface area contributed by atoms with Crippen molar-refractivity contribution >= 4 is 16.5 Å². The van der Waals surface area contributed by atoms with Gasteiger partial charge in [-0.1, -0.05) is 0 Å². The molecule has 0 saturated carbocycles. The second kappa shape index (κ2) is 10.0. The Labute approximate surface area is 90.3 Å². The Morgan fingerprint density at radius 3 is 1.58 bits per heavy atom. The van der Waals surface area contributed by atoms with E-state index < -0.39 is 16.5 Å². The van der Waals surface area contributed by atoms with Gasteiger partial charge in [0.25, 0.3) is 0 Å². The van der Waals surface area contributed by atoms with Gasteiger partial charge in [-0.05, 0) is 0 Å². The zero-order valence-electron chi connectivity index (χ0n) is 6.04. The average Bonchev–Trinajstić information content (AvgIpc) is 1.85. The Morgan fingerprint density at radius 1 is 1.00 bits per heavy atom. The van der Waals surface area contributed by atoms with Gasteiger partial charge in [0.2, 0.25) is 0 Å². The van der Waals surface area contributed by atoms with E-state index in [-0.39, 0.29) is 39.4 Å². The zero-order chi connectivity index (χ0) is 8.69. The molecule has 2 N–H and O–H groups in total. The summed E-state index contributed by atoms with van der Waals surface area (Å²) in [6.45, 7) is 0.0732. The average molecular weight is 293 g/mol. The molecule has 0 fully saturated rings. The molecule has 2 unspecified atom stereocenters. The van der Waals surface area contributed by atoms with Gasteiger partial charge in [0.15, 0.2) is 0 Å². The van der Waals surface area contributed by atoms with Crippen LogP contribution in [0.1, 0.15) is 6.42 Å². The van der Waals surface area contributed by atoms with Crippen molar-refractivity contribution in [1.82, 2.24) is 0 Å². The van der Waals surface area contributed by atoms with Crippen LogP contribution in [0, 0.1) is 0 Å². The molecule has 0 aromatic carbocycles. The Balaban J connectivity index is 0. The molecular weight excluding hydrogens is 285 g/mol. The zero-order valence-corrected chi connectivity index (χ0v) is 10.3. The monoisotopic (exact) mass is 292 g/mol. The van der Waals surface area contributed by atoms with E-state index in [9.17, 15) is 9.13 Å². The first kappa shape index (κ1) is 15.4. The van der Waals surface area contributed by atoms with Gasteiger partial charge in [0.1, 0.15) is 13.2 Å². The van der Waals surface area contributed by atoms with Crippen molar-refractivity contribution in [3.8, 4) is 0 Å². The molecule has 0 radical (unpaired) electrons. The van der Waals surface area contributed by atoms with Gasteiger partial charge in [-0.15, -0.1) is 18.8 Å². The predicted molar refractivity (Wildman–Crippen MR) is 36.2 cm³/mol. The van der Waals surface area contributed by atoms with Crippen LogP contribution in [-0.2, 0) is 44.4 Å². The van der Waals surface area contributed by atoms with Crippen LogP contribution in [-0.4, -0.2) is 23.0 Å². The standard InChI is InChI=1S/C3H6O6P2.Zr/c4-10(5)8-2-1-3-9-11(6)7;/h1-3H2;/p+2. The van der Waals surface area contributed by atoms with Crippen molar-refractivity contribution in [2.75, 3.05) is 13.2 Å². The van der Waals surface area contributed by atoms with Crippen molar-refractivity contribution in [3.63, 3.8) is 0 Å². The molecule has 0 aromatic heterocycles. The first-order chi connectivity index (χ1) is 5.13. The van der Waals surface area contributed by atoms with Crippen LogP contribution < -0.4 is 0 Å². The van der Waals surface area contributed by atoms with Crippen molar-refractivity contribution in [2.45, 2.75) is 6.42 Å². The van der Waals surface area contributed by atoms with E-state index in [2.05, 4.69) is 9.05 Å². The fourth-order valence-corrected chi connectivity index (χ4v) is 0.915. The summed E-state index contributed by atoms with van der Waals surface area (Å²) in [5.74, 6) is 0. The van der Waals surface area contributed by atoms with Crippen LogP contribution in [0.15, 0.2) is 0 Å². The Hall–Kier alpha value is 0.923. The summed E-state index contributed by atoms with van der Waals surface area (Å²) in [4.78, 5) is 16.2. The largest absolute Gasteiger partial charge is 0.694 e. The predicted octanol–water partition coefficient (Wildman–Crippen LogP) is 0.707. The molecule has 0 aliphatic heterocycles. The van der Waals surface area contributed by atoms with Crippen LogP contribution >= 0.6 is 16.5 Å². The van der Waals surface area contributed by atoms with E-state index in [1.54, 1.807) is 0 Å². The van der Waals surface area contributed by atoms with Crippen LogP contribution in [0.2, 0.25) is 0 Å². The van der Waals surface area contributed by atoms with E-state index in [1.165, 1.54) is 0 Å². The Kier molecular flexibility index (Phi) is 12.8. The van der Waals surface area contributed by atoms with Crippen molar-refractivity contribution < 1.29 is 54.2 Å². The molecule has 68 valence electrons. The summed E-state index contributed by atoms with van der Waals surface area (Å²) < 4.78 is 28.2. The van der Waals surface area contributed by atoms with Crippen LogP contribution in [0.5, 0.6) is 0 Å². The molecule has 0 amide bonds.